The number of carbonyl (C=O) groups excluding carboxylic acids is 1. The third-order valence-corrected chi connectivity index (χ3v) is 6.45. The van der Waals surface area contributed by atoms with Crippen molar-refractivity contribution >= 4 is 42.4 Å². The predicted molar refractivity (Wildman–Crippen MR) is 106 cm³/mol. The largest absolute Gasteiger partial charge is 0.301 e. The first-order valence-electron chi connectivity index (χ1n) is 8.33. The van der Waals surface area contributed by atoms with Crippen LogP contribution in [0.15, 0.2) is 48.5 Å². The Kier molecular flexibility index (Phi) is 5.68. The van der Waals surface area contributed by atoms with Gasteiger partial charge in [-0.05, 0) is 43.0 Å². The third-order valence-electron chi connectivity index (χ3n) is 3.90. The first-order valence-corrected chi connectivity index (χ1v) is 11.0. The van der Waals surface area contributed by atoms with Gasteiger partial charge in [0.05, 0.1) is 16.0 Å². The fraction of sp³-hybridized carbons (Fsp3) is 0.263. The molecule has 0 saturated carbocycles. The number of amides is 1. The lowest BCUT2D eigenvalue weighted by Crippen LogP contribution is -2.24. The Morgan fingerprint density at radius 2 is 1.92 bits per heavy atom. The number of carbonyl (C=O) groups is 1. The van der Waals surface area contributed by atoms with E-state index < -0.39 is 21.5 Å². The first kappa shape index (κ1) is 18.5. The molecule has 0 aliphatic heterocycles. The second-order valence-corrected chi connectivity index (χ2v) is 9.43. The van der Waals surface area contributed by atoms with E-state index >= 15 is 0 Å². The fourth-order valence-corrected chi connectivity index (χ4v) is 4.83. The van der Waals surface area contributed by atoms with Crippen LogP contribution in [0.2, 0.25) is 0 Å². The molecule has 1 amide bonds. The number of fused-ring (bicyclic) bond motifs is 1. The van der Waals surface area contributed by atoms with Crippen LogP contribution in [0.4, 0.5) is 5.13 Å². The van der Waals surface area contributed by atoms with E-state index in [4.69, 9.17) is 0 Å². The molecule has 0 saturated heterocycles. The number of sulfone groups is 1. The molecular weight excluding hydrogens is 368 g/mol. The number of hydrogen-bond acceptors (Lipinski definition) is 5. The topological polar surface area (TPSA) is 76.1 Å². The van der Waals surface area contributed by atoms with Gasteiger partial charge in [-0.2, -0.15) is 0 Å². The lowest BCUT2D eigenvalue weighted by molar-refractivity contribution is -0.113. The lowest BCUT2D eigenvalue weighted by atomic mass is 10.1. The van der Waals surface area contributed by atoms with E-state index in [1.807, 2.05) is 55.5 Å². The molecule has 0 radical (unpaired) electrons. The molecule has 2 aromatic carbocycles. The lowest BCUT2D eigenvalue weighted by Gasteiger charge is -2.05. The number of anilines is 1. The van der Waals surface area contributed by atoms with Crippen LogP contribution in [-0.2, 0) is 21.1 Å². The summed E-state index contributed by atoms with van der Waals surface area (Å²) in [6, 6.07) is 15.5. The summed E-state index contributed by atoms with van der Waals surface area (Å²) in [6.07, 6.45) is 1.18. The highest BCUT2D eigenvalue weighted by atomic mass is 32.2. The quantitative estimate of drug-likeness (QED) is 0.671. The minimum absolute atomic E-state index is 0.00560. The standard InChI is InChI=1S/C19H20N2O3S2/c1-14-9-10-16-17(12-14)25-19(20-16)21-18(22)13-26(23,24)11-5-8-15-6-3-2-4-7-15/h2-4,6-7,9-10,12H,5,8,11,13H2,1H3,(H,20,21,22). The Balaban J connectivity index is 1.54. The molecule has 0 aliphatic rings. The van der Waals surface area contributed by atoms with Gasteiger partial charge in [0.1, 0.15) is 5.75 Å². The number of aromatic nitrogens is 1. The number of nitrogens with one attached hydrogen (secondary N) is 1. The maximum Gasteiger partial charge on any atom is 0.241 e. The van der Waals surface area contributed by atoms with Crippen molar-refractivity contribution in [3.05, 3.63) is 59.7 Å². The van der Waals surface area contributed by atoms with E-state index in [-0.39, 0.29) is 5.75 Å². The summed E-state index contributed by atoms with van der Waals surface area (Å²) in [6.45, 7) is 1.99. The molecule has 0 unspecified atom stereocenters. The van der Waals surface area contributed by atoms with E-state index in [9.17, 15) is 13.2 Å². The summed E-state index contributed by atoms with van der Waals surface area (Å²) < 4.78 is 25.3. The average Bonchev–Trinajstić information content (AvgIpc) is 2.96. The zero-order valence-corrected chi connectivity index (χ0v) is 16.1. The fourth-order valence-electron chi connectivity index (χ4n) is 2.65. The molecule has 0 fully saturated rings. The van der Waals surface area contributed by atoms with E-state index in [0.29, 0.717) is 18.0 Å². The van der Waals surface area contributed by atoms with Crippen LogP contribution in [0.3, 0.4) is 0 Å². The van der Waals surface area contributed by atoms with Crippen LogP contribution in [-0.4, -0.2) is 30.8 Å². The van der Waals surface area contributed by atoms with Crippen molar-refractivity contribution in [3.63, 3.8) is 0 Å². The molecule has 0 atom stereocenters. The van der Waals surface area contributed by atoms with Crippen molar-refractivity contribution in [2.45, 2.75) is 19.8 Å². The second kappa shape index (κ2) is 7.97. The smallest absolute Gasteiger partial charge is 0.241 e. The molecule has 26 heavy (non-hydrogen) atoms. The van der Waals surface area contributed by atoms with Crippen molar-refractivity contribution in [1.82, 2.24) is 4.98 Å². The summed E-state index contributed by atoms with van der Waals surface area (Å²) in [4.78, 5) is 16.4. The van der Waals surface area contributed by atoms with Gasteiger partial charge in [-0.1, -0.05) is 47.7 Å². The Morgan fingerprint density at radius 3 is 2.69 bits per heavy atom. The number of hydrogen-bond donors (Lipinski definition) is 1. The molecular formula is C19H20N2O3S2. The summed E-state index contributed by atoms with van der Waals surface area (Å²) in [5.74, 6) is -1.06. The zero-order valence-electron chi connectivity index (χ0n) is 14.4. The molecule has 3 rings (SSSR count). The minimum Gasteiger partial charge on any atom is -0.301 e. The van der Waals surface area contributed by atoms with Crippen molar-refractivity contribution in [1.29, 1.82) is 0 Å². The SMILES string of the molecule is Cc1ccc2nc(NC(=O)CS(=O)(=O)CCCc3ccccc3)sc2c1. The summed E-state index contributed by atoms with van der Waals surface area (Å²) in [5, 5.41) is 3.03. The Labute approximate surface area is 157 Å². The van der Waals surface area contributed by atoms with Gasteiger partial charge in [0.2, 0.25) is 5.91 Å². The monoisotopic (exact) mass is 388 g/mol. The number of nitrogens with zero attached hydrogens (tertiary/aromatic N) is 1. The van der Waals surface area contributed by atoms with Crippen LogP contribution < -0.4 is 5.32 Å². The average molecular weight is 389 g/mol. The van der Waals surface area contributed by atoms with Gasteiger partial charge in [0.15, 0.2) is 15.0 Å². The number of thiazole rings is 1. The van der Waals surface area contributed by atoms with Gasteiger partial charge in [0.25, 0.3) is 0 Å². The van der Waals surface area contributed by atoms with E-state index in [0.717, 1.165) is 21.3 Å². The summed E-state index contributed by atoms with van der Waals surface area (Å²) in [5.41, 5.74) is 3.00. The third kappa shape index (κ3) is 5.12. The second-order valence-electron chi connectivity index (χ2n) is 6.22. The Hall–Kier alpha value is -2.25. The molecule has 0 aliphatic carbocycles. The maximum absolute atomic E-state index is 12.2. The molecule has 7 heteroatoms. The minimum atomic E-state index is -3.44. The molecule has 1 aromatic heterocycles. The number of benzene rings is 2. The molecule has 1 heterocycles. The highest BCUT2D eigenvalue weighted by Gasteiger charge is 2.18. The molecule has 5 nitrogen and oxygen atoms in total. The normalized spacial score (nSPS) is 11.6. The van der Waals surface area contributed by atoms with Crippen molar-refractivity contribution in [2.75, 3.05) is 16.8 Å². The van der Waals surface area contributed by atoms with Crippen molar-refractivity contribution in [2.24, 2.45) is 0 Å². The first-order chi connectivity index (χ1) is 12.4. The van der Waals surface area contributed by atoms with Crippen LogP contribution >= 0.6 is 11.3 Å². The van der Waals surface area contributed by atoms with E-state index in [1.54, 1.807) is 0 Å². The molecule has 136 valence electrons. The Morgan fingerprint density at radius 1 is 1.15 bits per heavy atom. The van der Waals surface area contributed by atoms with Crippen LogP contribution in [0.5, 0.6) is 0 Å². The highest BCUT2D eigenvalue weighted by molar-refractivity contribution is 7.92. The summed E-state index contributed by atoms with van der Waals surface area (Å²) >= 11 is 1.34. The van der Waals surface area contributed by atoms with Gasteiger partial charge in [0, 0.05) is 0 Å². The molecule has 0 spiro atoms. The van der Waals surface area contributed by atoms with Crippen LogP contribution in [0.1, 0.15) is 17.5 Å². The van der Waals surface area contributed by atoms with Crippen molar-refractivity contribution < 1.29 is 13.2 Å². The van der Waals surface area contributed by atoms with Gasteiger partial charge in [-0.25, -0.2) is 13.4 Å². The maximum atomic E-state index is 12.2. The van der Waals surface area contributed by atoms with Crippen molar-refractivity contribution in [3.8, 4) is 0 Å². The van der Waals surface area contributed by atoms with Gasteiger partial charge in [-0.15, -0.1) is 0 Å². The molecule has 0 bridgehead atoms. The zero-order chi connectivity index (χ0) is 18.6. The summed E-state index contributed by atoms with van der Waals surface area (Å²) in [7, 11) is -3.44. The van der Waals surface area contributed by atoms with E-state index in [2.05, 4.69) is 10.3 Å². The molecule has 1 N–H and O–H groups in total. The predicted octanol–water partition coefficient (Wildman–Crippen LogP) is 3.59. The van der Waals surface area contributed by atoms with Gasteiger partial charge < -0.3 is 5.32 Å². The van der Waals surface area contributed by atoms with Gasteiger partial charge >= 0.3 is 0 Å². The van der Waals surface area contributed by atoms with Crippen LogP contribution in [0, 0.1) is 6.92 Å². The number of rotatable bonds is 7. The Bertz CT molecular complexity index is 1010. The van der Waals surface area contributed by atoms with Gasteiger partial charge in [-0.3, -0.25) is 4.79 Å². The van der Waals surface area contributed by atoms with Crippen LogP contribution in [0.25, 0.3) is 10.2 Å². The molecule has 3 aromatic rings. The van der Waals surface area contributed by atoms with E-state index in [1.165, 1.54) is 11.3 Å². The highest BCUT2D eigenvalue weighted by Crippen LogP contribution is 2.26. The number of aryl methyl sites for hydroxylation is 2.